The zero-order chi connectivity index (χ0) is 12.0. The van der Waals surface area contributed by atoms with Gasteiger partial charge < -0.3 is 10.4 Å². The highest BCUT2D eigenvalue weighted by Gasteiger charge is 2.11. The Labute approximate surface area is 96.5 Å². The van der Waals surface area contributed by atoms with Crippen LogP contribution in [-0.4, -0.2) is 18.3 Å². The number of aryl methyl sites for hydroxylation is 1. The normalized spacial score (nSPS) is 12.8. The van der Waals surface area contributed by atoms with Crippen LogP contribution in [-0.2, 0) is 0 Å². The average molecular weight is 225 g/mol. The standard InChI is InChI=1S/C13H20FNO/c1-3-7-15-13(6-8-16)11-5-4-10(2)12(14)9-11/h4-5,9,13,15-16H,3,6-8H2,1-2H3. The van der Waals surface area contributed by atoms with E-state index >= 15 is 0 Å². The molecule has 0 aliphatic rings. The molecule has 1 aromatic rings. The maximum absolute atomic E-state index is 13.4. The Balaban J connectivity index is 2.78. The van der Waals surface area contributed by atoms with E-state index in [0.29, 0.717) is 12.0 Å². The van der Waals surface area contributed by atoms with E-state index in [9.17, 15) is 4.39 Å². The lowest BCUT2D eigenvalue weighted by Crippen LogP contribution is -2.23. The van der Waals surface area contributed by atoms with Gasteiger partial charge in [-0.3, -0.25) is 0 Å². The lowest BCUT2D eigenvalue weighted by Gasteiger charge is -2.18. The predicted octanol–water partition coefficient (Wildman–Crippen LogP) is 2.56. The van der Waals surface area contributed by atoms with Gasteiger partial charge >= 0.3 is 0 Å². The molecule has 0 spiro atoms. The van der Waals surface area contributed by atoms with Gasteiger partial charge in [0.1, 0.15) is 5.82 Å². The zero-order valence-corrected chi connectivity index (χ0v) is 9.96. The van der Waals surface area contributed by atoms with Crippen molar-refractivity contribution in [3.05, 3.63) is 35.1 Å². The van der Waals surface area contributed by atoms with E-state index in [4.69, 9.17) is 5.11 Å². The number of aliphatic hydroxyl groups excluding tert-OH is 1. The van der Waals surface area contributed by atoms with Crippen molar-refractivity contribution in [1.82, 2.24) is 5.32 Å². The maximum Gasteiger partial charge on any atom is 0.126 e. The van der Waals surface area contributed by atoms with E-state index in [0.717, 1.165) is 18.5 Å². The molecule has 3 heteroatoms. The fraction of sp³-hybridized carbons (Fsp3) is 0.538. The summed E-state index contributed by atoms with van der Waals surface area (Å²) in [6, 6.07) is 5.29. The lowest BCUT2D eigenvalue weighted by atomic mass is 10.0. The van der Waals surface area contributed by atoms with Crippen LogP contribution in [0.4, 0.5) is 4.39 Å². The van der Waals surface area contributed by atoms with Crippen molar-refractivity contribution in [3.63, 3.8) is 0 Å². The molecule has 0 aromatic heterocycles. The van der Waals surface area contributed by atoms with Gasteiger partial charge in [0.25, 0.3) is 0 Å². The molecule has 16 heavy (non-hydrogen) atoms. The first-order valence-corrected chi connectivity index (χ1v) is 5.79. The van der Waals surface area contributed by atoms with Crippen LogP contribution in [0.1, 0.15) is 36.9 Å². The Bertz CT molecular complexity index is 328. The minimum atomic E-state index is -0.182. The Kier molecular flexibility index (Phi) is 5.43. The van der Waals surface area contributed by atoms with Crippen LogP contribution >= 0.6 is 0 Å². The molecule has 0 bridgehead atoms. The zero-order valence-electron chi connectivity index (χ0n) is 9.96. The second kappa shape index (κ2) is 6.61. The van der Waals surface area contributed by atoms with Crippen LogP contribution in [0, 0.1) is 12.7 Å². The monoisotopic (exact) mass is 225 g/mol. The summed E-state index contributed by atoms with van der Waals surface area (Å²) in [6.07, 6.45) is 1.64. The van der Waals surface area contributed by atoms with Crippen LogP contribution in [0.5, 0.6) is 0 Å². The molecule has 0 saturated heterocycles. The summed E-state index contributed by atoms with van der Waals surface area (Å²) in [6.45, 7) is 4.81. The highest BCUT2D eigenvalue weighted by atomic mass is 19.1. The van der Waals surface area contributed by atoms with Gasteiger partial charge in [-0.15, -0.1) is 0 Å². The van der Waals surface area contributed by atoms with E-state index in [1.807, 2.05) is 6.07 Å². The number of hydrogen-bond acceptors (Lipinski definition) is 2. The highest BCUT2D eigenvalue weighted by molar-refractivity contribution is 5.25. The van der Waals surface area contributed by atoms with Crippen LogP contribution in [0.25, 0.3) is 0 Å². The Morgan fingerprint density at radius 1 is 1.44 bits per heavy atom. The molecule has 0 saturated carbocycles. The van der Waals surface area contributed by atoms with Gasteiger partial charge in [0.2, 0.25) is 0 Å². The Morgan fingerprint density at radius 3 is 2.75 bits per heavy atom. The lowest BCUT2D eigenvalue weighted by molar-refractivity contribution is 0.265. The van der Waals surface area contributed by atoms with Crippen molar-refractivity contribution in [2.75, 3.05) is 13.2 Å². The van der Waals surface area contributed by atoms with Crippen molar-refractivity contribution in [3.8, 4) is 0 Å². The largest absolute Gasteiger partial charge is 0.396 e. The SMILES string of the molecule is CCCNC(CCO)c1ccc(C)c(F)c1. The number of hydrogen-bond donors (Lipinski definition) is 2. The third-order valence-corrected chi connectivity index (χ3v) is 2.66. The van der Waals surface area contributed by atoms with Gasteiger partial charge in [0.15, 0.2) is 0 Å². The smallest absolute Gasteiger partial charge is 0.126 e. The second-order valence-electron chi connectivity index (χ2n) is 4.03. The first-order valence-electron chi connectivity index (χ1n) is 5.79. The molecule has 0 amide bonds. The molecule has 1 rings (SSSR count). The molecule has 0 aliphatic heterocycles. The van der Waals surface area contributed by atoms with Gasteiger partial charge in [0.05, 0.1) is 0 Å². The summed E-state index contributed by atoms with van der Waals surface area (Å²) in [5.41, 5.74) is 1.56. The fourth-order valence-electron chi connectivity index (χ4n) is 1.66. The molecule has 1 aromatic carbocycles. The van der Waals surface area contributed by atoms with E-state index < -0.39 is 0 Å². The number of aliphatic hydroxyl groups is 1. The molecule has 1 unspecified atom stereocenters. The number of halogens is 1. The summed E-state index contributed by atoms with van der Waals surface area (Å²) in [5.74, 6) is -0.182. The first kappa shape index (κ1) is 13.1. The molecule has 0 aliphatic carbocycles. The molecule has 2 N–H and O–H groups in total. The van der Waals surface area contributed by atoms with Gasteiger partial charge in [0, 0.05) is 12.6 Å². The van der Waals surface area contributed by atoms with E-state index in [2.05, 4.69) is 12.2 Å². The van der Waals surface area contributed by atoms with Crippen LogP contribution < -0.4 is 5.32 Å². The summed E-state index contributed by atoms with van der Waals surface area (Å²) in [4.78, 5) is 0. The molecular formula is C13H20FNO. The molecule has 0 fully saturated rings. The van der Waals surface area contributed by atoms with E-state index in [-0.39, 0.29) is 18.5 Å². The Hall–Kier alpha value is -0.930. The average Bonchev–Trinajstić information content (AvgIpc) is 2.28. The van der Waals surface area contributed by atoms with Crippen LogP contribution in [0.3, 0.4) is 0 Å². The fourth-order valence-corrected chi connectivity index (χ4v) is 1.66. The van der Waals surface area contributed by atoms with Crippen molar-refractivity contribution >= 4 is 0 Å². The topological polar surface area (TPSA) is 32.3 Å². The third-order valence-electron chi connectivity index (χ3n) is 2.66. The third kappa shape index (κ3) is 3.58. The molecular weight excluding hydrogens is 205 g/mol. The Morgan fingerprint density at radius 2 is 2.19 bits per heavy atom. The summed E-state index contributed by atoms with van der Waals surface area (Å²) >= 11 is 0. The summed E-state index contributed by atoms with van der Waals surface area (Å²) in [7, 11) is 0. The summed E-state index contributed by atoms with van der Waals surface area (Å²) < 4.78 is 13.4. The highest BCUT2D eigenvalue weighted by Crippen LogP contribution is 2.19. The molecule has 90 valence electrons. The van der Waals surface area contributed by atoms with Crippen molar-refractivity contribution < 1.29 is 9.50 Å². The first-order chi connectivity index (χ1) is 7.69. The minimum absolute atomic E-state index is 0.0417. The van der Waals surface area contributed by atoms with Gasteiger partial charge in [-0.25, -0.2) is 4.39 Å². The number of rotatable bonds is 6. The van der Waals surface area contributed by atoms with Crippen LogP contribution in [0.2, 0.25) is 0 Å². The van der Waals surface area contributed by atoms with E-state index in [1.54, 1.807) is 19.1 Å². The predicted molar refractivity (Wildman–Crippen MR) is 63.9 cm³/mol. The van der Waals surface area contributed by atoms with Crippen molar-refractivity contribution in [2.24, 2.45) is 0 Å². The minimum Gasteiger partial charge on any atom is -0.396 e. The molecule has 2 nitrogen and oxygen atoms in total. The van der Waals surface area contributed by atoms with Gasteiger partial charge in [-0.1, -0.05) is 19.1 Å². The number of benzene rings is 1. The second-order valence-corrected chi connectivity index (χ2v) is 4.03. The quantitative estimate of drug-likeness (QED) is 0.780. The van der Waals surface area contributed by atoms with Crippen molar-refractivity contribution in [1.29, 1.82) is 0 Å². The van der Waals surface area contributed by atoms with E-state index in [1.165, 1.54) is 0 Å². The van der Waals surface area contributed by atoms with Crippen LogP contribution in [0.15, 0.2) is 18.2 Å². The van der Waals surface area contributed by atoms with Gasteiger partial charge in [-0.05, 0) is 43.5 Å². The summed E-state index contributed by atoms with van der Waals surface area (Å²) in [5, 5.41) is 12.3. The van der Waals surface area contributed by atoms with Crippen molar-refractivity contribution in [2.45, 2.75) is 32.7 Å². The molecule has 1 atom stereocenters. The van der Waals surface area contributed by atoms with Gasteiger partial charge in [-0.2, -0.15) is 0 Å². The maximum atomic E-state index is 13.4. The number of nitrogens with one attached hydrogen (secondary N) is 1. The molecule has 0 heterocycles. The molecule has 0 radical (unpaired) electrons.